The van der Waals surface area contributed by atoms with Crippen molar-refractivity contribution in [2.75, 3.05) is 0 Å². The van der Waals surface area contributed by atoms with Crippen molar-refractivity contribution < 1.29 is 4.74 Å². The number of hydrogen-bond donors (Lipinski definition) is 0. The zero-order valence-electron chi connectivity index (χ0n) is 5.79. The number of hydrogen-bond acceptors (Lipinski definition) is 1. The molecule has 1 aromatic carbocycles. The van der Waals surface area contributed by atoms with Crippen LogP contribution in [0.2, 0.25) is 0 Å². The first-order valence-electron chi connectivity index (χ1n) is 3.67. The zero-order valence-corrected chi connectivity index (χ0v) is 5.79. The lowest BCUT2D eigenvalue weighted by Crippen LogP contribution is -1.94. The fourth-order valence-electron chi connectivity index (χ4n) is 0.877. The maximum Gasteiger partial charge on any atom is 0.119 e. The van der Waals surface area contributed by atoms with Gasteiger partial charge < -0.3 is 4.74 Å². The standard InChI is InChI=1S/C9H10O/c1-2-4-8(5-3-1)10-9-6-7-9/h1-5,9H,6-7H2. The van der Waals surface area contributed by atoms with Crippen LogP contribution in [-0.2, 0) is 0 Å². The third kappa shape index (κ3) is 1.29. The largest absolute Gasteiger partial charge is 0.490 e. The Labute approximate surface area is 60.6 Å². The summed E-state index contributed by atoms with van der Waals surface area (Å²) in [6.07, 6.45) is 2.98. The predicted octanol–water partition coefficient (Wildman–Crippen LogP) is 2.23. The summed E-state index contributed by atoms with van der Waals surface area (Å²) >= 11 is 0. The normalized spacial score (nSPS) is 16.8. The second kappa shape index (κ2) is 2.33. The van der Waals surface area contributed by atoms with Crippen LogP contribution in [0.15, 0.2) is 30.3 Å². The smallest absolute Gasteiger partial charge is 0.119 e. The van der Waals surface area contributed by atoms with Gasteiger partial charge in [-0.1, -0.05) is 18.2 Å². The fraction of sp³-hybridized carbons (Fsp3) is 0.333. The van der Waals surface area contributed by atoms with Crippen LogP contribution in [0, 0.1) is 0 Å². The van der Waals surface area contributed by atoms with Crippen molar-refractivity contribution in [2.24, 2.45) is 0 Å². The SMILES string of the molecule is c1ccc(OC2CC2)cc1. The average Bonchev–Trinajstić information content (AvgIpc) is 2.74. The van der Waals surface area contributed by atoms with E-state index in [2.05, 4.69) is 0 Å². The quantitative estimate of drug-likeness (QED) is 0.602. The molecule has 1 nitrogen and oxygen atoms in total. The molecule has 1 saturated carbocycles. The molecule has 52 valence electrons. The zero-order chi connectivity index (χ0) is 6.81. The highest BCUT2D eigenvalue weighted by atomic mass is 16.5. The van der Waals surface area contributed by atoms with Crippen molar-refractivity contribution in [2.45, 2.75) is 18.9 Å². The van der Waals surface area contributed by atoms with E-state index in [1.165, 1.54) is 12.8 Å². The first-order chi connectivity index (χ1) is 4.95. The van der Waals surface area contributed by atoms with Crippen molar-refractivity contribution in [3.63, 3.8) is 0 Å². The number of para-hydroxylation sites is 1. The minimum atomic E-state index is 0.516. The molecular formula is C9H10O. The molecule has 10 heavy (non-hydrogen) atoms. The molecule has 0 radical (unpaired) electrons. The van der Waals surface area contributed by atoms with Crippen LogP contribution < -0.4 is 4.74 Å². The summed E-state index contributed by atoms with van der Waals surface area (Å²) in [5, 5.41) is 0. The second-order valence-electron chi connectivity index (χ2n) is 2.63. The predicted molar refractivity (Wildman–Crippen MR) is 40.1 cm³/mol. The van der Waals surface area contributed by atoms with E-state index in [0.717, 1.165) is 5.75 Å². The van der Waals surface area contributed by atoms with Crippen molar-refractivity contribution in [1.82, 2.24) is 0 Å². The van der Waals surface area contributed by atoms with Crippen LogP contribution in [0.4, 0.5) is 0 Å². The first-order valence-corrected chi connectivity index (χ1v) is 3.67. The van der Waals surface area contributed by atoms with E-state index in [1.54, 1.807) is 0 Å². The van der Waals surface area contributed by atoms with Gasteiger partial charge in [0.1, 0.15) is 5.75 Å². The van der Waals surface area contributed by atoms with Crippen LogP contribution in [0.5, 0.6) is 5.75 Å². The van der Waals surface area contributed by atoms with Gasteiger partial charge in [-0.05, 0) is 25.0 Å². The van der Waals surface area contributed by atoms with E-state index in [1.807, 2.05) is 30.3 Å². The van der Waals surface area contributed by atoms with E-state index in [9.17, 15) is 0 Å². The van der Waals surface area contributed by atoms with Crippen molar-refractivity contribution in [1.29, 1.82) is 0 Å². The lowest BCUT2D eigenvalue weighted by Gasteiger charge is -2.01. The van der Waals surface area contributed by atoms with Gasteiger partial charge in [-0.25, -0.2) is 0 Å². The summed E-state index contributed by atoms with van der Waals surface area (Å²) in [6.45, 7) is 0. The molecule has 0 atom stereocenters. The van der Waals surface area contributed by atoms with E-state index >= 15 is 0 Å². The Balaban J connectivity index is 2.03. The Bertz CT molecular complexity index is 201. The van der Waals surface area contributed by atoms with Crippen molar-refractivity contribution in [3.05, 3.63) is 30.3 Å². The van der Waals surface area contributed by atoms with Gasteiger partial charge in [0.25, 0.3) is 0 Å². The minimum Gasteiger partial charge on any atom is -0.490 e. The van der Waals surface area contributed by atoms with Crippen LogP contribution in [0.25, 0.3) is 0 Å². The van der Waals surface area contributed by atoms with Gasteiger partial charge in [0.2, 0.25) is 0 Å². The second-order valence-corrected chi connectivity index (χ2v) is 2.63. The molecule has 1 aliphatic carbocycles. The van der Waals surface area contributed by atoms with E-state index < -0.39 is 0 Å². The Kier molecular flexibility index (Phi) is 1.35. The van der Waals surface area contributed by atoms with Gasteiger partial charge in [0, 0.05) is 0 Å². The summed E-state index contributed by atoms with van der Waals surface area (Å²) in [7, 11) is 0. The van der Waals surface area contributed by atoms with Gasteiger partial charge >= 0.3 is 0 Å². The molecule has 0 N–H and O–H groups in total. The first kappa shape index (κ1) is 5.78. The molecular weight excluding hydrogens is 124 g/mol. The summed E-state index contributed by atoms with van der Waals surface area (Å²) in [6, 6.07) is 9.99. The number of rotatable bonds is 2. The van der Waals surface area contributed by atoms with E-state index in [0.29, 0.717) is 6.10 Å². The van der Waals surface area contributed by atoms with Crippen LogP contribution in [0.3, 0.4) is 0 Å². The molecule has 0 aromatic heterocycles. The molecule has 0 spiro atoms. The summed E-state index contributed by atoms with van der Waals surface area (Å²) < 4.78 is 5.53. The van der Waals surface area contributed by atoms with Crippen molar-refractivity contribution >= 4 is 0 Å². The molecule has 0 unspecified atom stereocenters. The Morgan fingerprint density at radius 3 is 2.40 bits per heavy atom. The third-order valence-corrected chi connectivity index (χ3v) is 1.57. The maximum absolute atomic E-state index is 5.53. The molecule has 1 aliphatic rings. The molecule has 2 rings (SSSR count). The summed E-state index contributed by atoms with van der Waals surface area (Å²) in [4.78, 5) is 0. The average molecular weight is 134 g/mol. The Hall–Kier alpha value is -0.980. The third-order valence-electron chi connectivity index (χ3n) is 1.57. The number of ether oxygens (including phenoxy) is 1. The van der Waals surface area contributed by atoms with Crippen LogP contribution in [-0.4, -0.2) is 6.10 Å². The van der Waals surface area contributed by atoms with Gasteiger partial charge in [-0.3, -0.25) is 0 Å². The molecule has 0 bridgehead atoms. The monoisotopic (exact) mass is 134 g/mol. The van der Waals surface area contributed by atoms with Crippen LogP contribution in [0.1, 0.15) is 12.8 Å². The highest BCUT2D eigenvalue weighted by molar-refractivity contribution is 5.21. The molecule has 1 aromatic rings. The molecule has 1 fully saturated rings. The summed E-state index contributed by atoms with van der Waals surface area (Å²) in [5.74, 6) is 1.00. The van der Waals surface area contributed by atoms with Gasteiger partial charge in [-0.15, -0.1) is 0 Å². The van der Waals surface area contributed by atoms with Crippen molar-refractivity contribution in [3.8, 4) is 5.75 Å². The highest BCUT2D eigenvalue weighted by Gasteiger charge is 2.22. The molecule has 1 heteroatoms. The summed E-state index contributed by atoms with van der Waals surface area (Å²) in [5.41, 5.74) is 0. The van der Waals surface area contributed by atoms with Gasteiger partial charge in [0.15, 0.2) is 0 Å². The highest BCUT2D eigenvalue weighted by Crippen LogP contribution is 2.25. The molecule has 0 saturated heterocycles. The Morgan fingerprint density at radius 1 is 1.10 bits per heavy atom. The minimum absolute atomic E-state index is 0.516. The molecule has 0 aliphatic heterocycles. The number of benzene rings is 1. The van der Waals surface area contributed by atoms with E-state index in [4.69, 9.17) is 4.74 Å². The van der Waals surface area contributed by atoms with E-state index in [-0.39, 0.29) is 0 Å². The van der Waals surface area contributed by atoms with Gasteiger partial charge in [-0.2, -0.15) is 0 Å². The fourth-order valence-corrected chi connectivity index (χ4v) is 0.877. The topological polar surface area (TPSA) is 9.23 Å². The lowest BCUT2D eigenvalue weighted by atomic mass is 10.3. The molecule has 0 heterocycles. The molecule has 0 amide bonds. The Morgan fingerprint density at radius 2 is 1.80 bits per heavy atom. The lowest BCUT2D eigenvalue weighted by molar-refractivity contribution is 0.303. The maximum atomic E-state index is 5.53. The van der Waals surface area contributed by atoms with Crippen LogP contribution >= 0.6 is 0 Å². The van der Waals surface area contributed by atoms with Gasteiger partial charge in [0.05, 0.1) is 6.10 Å².